The number of benzene rings is 1. The SMILES string of the molecule is C[C@@H](c1ccc(-c2ccc(=O)[nH]c2)cc1)N1CC[C@@H](CC(C)(C)C#N)OC1=O. The van der Waals surface area contributed by atoms with Crippen molar-refractivity contribution >= 4 is 6.09 Å². The Labute approximate surface area is 164 Å². The minimum Gasteiger partial charge on any atom is -0.446 e. The van der Waals surface area contributed by atoms with Gasteiger partial charge in [0.25, 0.3) is 0 Å². The van der Waals surface area contributed by atoms with Crippen molar-refractivity contribution in [3.05, 3.63) is 58.5 Å². The molecule has 1 amide bonds. The molecule has 0 bridgehead atoms. The lowest BCUT2D eigenvalue weighted by atomic mass is 9.87. The lowest BCUT2D eigenvalue weighted by Gasteiger charge is -2.37. The fourth-order valence-electron chi connectivity index (χ4n) is 3.48. The van der Waals surface area contributed by atoms with E-state index in [0.717, 1.165) is 23.1 Å². The average Bonchev–Trinajstić information content (AvgIpc) is 2.68. The number of carbonyl (C=O) groups is 1. The van der Waals surface area contributed by atoms with Crippen LogP contribution in [0.1, 0.15) is 45.2 Å². The van der Waals surface area contributed by atoms with Gasteiger partial charge in [0.2, 0.25) is 5.56 Å². The van der Waals surface area contributed by atoms with Gasteiger partial charge in [0.15, 0.2) is 0 Å². The number of rotatable bonds is 5. The molecule has 0 spiro atoms. The fourth-order valence-corrected chi connectivity index (χ4v) is 3.48. The molecule has 1 saturated heterocycles. The molecule has 28 heavy (non-hydrogen) atoms. The van der Waals surface area contributed by atoms with Gasteiger partial charge in [-0.3, -0.25) is 4.79 Å². The molecule has 6 heteroatoms. The van der Waals surface area contributed by atoms with Crippen molar-refractivity contribution < 1.29 is 9.53 Å². The topological polar surface area (TPSA) is 86.2 Å². The highest BCUT2D eigenvalue weighted by Gasteiger charge is 2.34. The number of aromatic nitrogens is 1. The zero-order valence-electron chi connectivity index (χ0n) is 16.4. The van der Waals surface area contributed by atoms with Crippen molar-refractivity contribution in [3.63, 3.8) is 0 Å². The van der Waals surface area contributed by atoms with E-state index < -0.39 is 5.41 Å². The number of cyclic esters (lactones) is 1. The van der Waals surface area contributed by atoms with Crippen LogP contribution in [0.4, 0.5) is 4.79 Å². The minimum atomic E-state index is -0.504. The number of hydrogen-bond donors (Lipinski definition) is 1. The lowest BCUT2D eigenvalue weighted by molar-refractivity contribution is 0.000798. The molecule has 2 atom stereocenters. The van der Waals surface area contributed by atoms with Gasteiger partial charge in [0, 0.05) is 31.6 Å². The van der Waals surface area contributed by atoms with E-state index in [2.05, 4.69) is 11.1 Å². The van der Waals surface area contributed by atoms with Crippen molar-refractivity contribution in [2.24, 2.45) is 5.41 Å². The first kappa shape index (κ1) is 19.7. The second-order valence-electron chi connectivity index (χ2n) is 7.93. The number of pyridine rings is 1. The van der Waals surface area contributed by atoms with E-state index in [4.69, 9.17) is 4.74 Å². The van der Waals surface area contributed by atoms with Gasteiger partial charge in [-0.1, -0.05) is 24.3 Å². The minimum absolute atomic E-state index is 0.109. The number of nitrogens with zero attached hydrogens (tertiary/aromatic N) is 2. The standard InChI is InChI=1S/C22H25N3O3/c1-15(25-11-10-19(28-21(25)27)12-22(2,3)14-23)16-4-6-17(7-5-16)18-8-9-20(26)24-13-18/h4-9,13,15,19H,10-12H2,1-3H3,(H,24,26)/t15-,19-/m0/s1. The molecule has 1 aliphatic heterocycles. The molecule has 146 valence electrons. The van der Waals surface area contributed by atoms with Gasteiger partial charge in [-0.05, 0) is 43.5 Å². The largest absolute Gasteiger partial charge is 0.446 e. The quantitative estimate of drug-likeness (QED) is 0.841. The normalized spacial score (nSPS) is 18.3. The summed E-state index contributed by atoms with van der Waals surface area (Å²) >= 11 is 0. The number of nitriles is 1. The van der Waals surface area contributed by atoms with E-state index in [1.807, 2.05) is 45.0 Å². The van der Waals surface area contributed by atoms with Gasteiger partial charge >= 0.3 is 6.09 Å². The molecule has 1 aliphatic rings. The predicted molar refractivity (Wildman–Crippen MR) is 107 cm³/mol. The molecule has 1 aromatic heterocycles. The van der Waals surface area contributed by atoms with Gasteiger partial charge in [-0.25, -0.2) is 4.79 Å². The molecular formula is C22H25N3O3. The number of carbonyl (C=O) groups excluding carboxylic acids is 1. The highest BCUT2D eigenvalue weighted by atomic mass is 16.6. The molecule has 1 aromatic carbocycles. The average molecular weight is 379 g/mol. The molecule has 3 rings (SSSR count). The van der Waals surface area contributed by atoms with Gasteiger partial charge in [0.05, 0.1) is 17.5 Å². The van der Waals surface area contributed by atoms with Gasteiger partial charge in [-0.15, -0.1) is 0 Å². The van der Waals surface area contributed by atoms with E-state index in [0.29, 0.717) is 13.0 Å². The Morgan fingerprint density at radius 3 is 2.46 bits per heavy atom. The van der Waals surface area contributed by atoms with Crippen LogP contribution >= 0.6 is 0 Å². The maximum Gasteiger partial charge on any atom is 0.410 e. The van der Waals surface area contributed by atoms with Crippen LogP contribution < -0.4 is 5.56 Å². The van der Waals surface area contributed by atoms with E-state index in [1.165, 1.54) is 6.07 Å². The molecular weight excluding hydrogens is 354 g/mol. The van der Waals surface area contributed by atoms with Crippen molar-refractivity contribution in [2.75, 3.05) is 6.54 Å². The summed E-state index contributed by atoms with van der Waals surface area (Å²) in [5, 5.41) is 9.18. The van der Waals surface area contributed by atoms with E-state index in [9.17, 15) is 14.9 Å². The maximum absolute atomic E-state index is 12.5. The van der Waals surface area contributed by atoms with Crippen LogP contribution in [0.15, 0.2) is 47.4 Å². The summed E-state index contributed by atoms with van der Waals surface area (Å²) in [7, 11) is 0. The molecule has 2 aromatic rings. The van der Waals surface area contributed by atoms with Crippen LogP contribution in [0.3, 0.4) is 0 Å². The summed E-state index contributed by atoms with van der Waals surface area (Å²) in [6.07, 6.45) is 2.41. The van der Waals surface area contributed by atoms with Crippen molar-refractivity contribution in [3.8, 4) is 17.2 Å². The van der Waals surface area contributed by atoms with E-state index >= 15 is 0 Å². The maximum atomic E-state index is 12.5. The first-order valence-electron chi connectivity index (χ1n) is 9.47. The smallest absolute Gasteiger partial charge is 0.410 e. The summed E-state index contributed by atoms with van der Waals surface area (Å²) in [5.74, 6) is 0. The lowest BCUT2D eigenvalue weighted by Crippen LogP contribution is -2.44. The van der Waals surface area contributed by atoms with Crippen LogP contribution in [0.2, 0.25) is 0 Å². The van der Waals surface area contributed by atoms with Crippen LogP contribution in [0.5, 0.6) is 0 Å². The number of amides is 1. The van der Waals surface area contributed by atoms with Crippen LogP contribution in [0, 0.1) is 16.7 Å². The number of hydrogen-bond acceptors (Lipinski definition) is 4. The van der Waals surface area contributed by atoms with Crippen LogP contribution in [-0.4, -0.2) is 28.6 Å². The number of aromatic amines is 1. The van der Waals surface area contributed by atoms with Gasteiger partial charge in [0.1, 0.15) is 6.10 Å². The Hall–Kier alpha value is -3.07. The number of ether oxygens (including phenoxy) is 1. The summed E-state index contributed by atoms with van der Waals surface area (Å²) in [6, 6.07) is 13.4. The second-order valence-corrected chi connectivity index (χ2v) is 7.93. The second kappa shape index (κ2) is 7.89. The summed E-state index contributed by atoms with van der Waals surface area (Å²) in [6.45, 7) is 6.31. The molecule has 0 aliphatic carbocycles. The molecule has 1 N–H and O–H groups in total. The van der Waals surface area contributed by atoms with Gasteiger partial charge < -0.3 is 14.6 Å². The number of H-pyrrole nitrogens is 1. The molecule has 0 unspecified atom stereocenters. The molecule has 0 radical (unpaired) electrons. The molecule has 1 fully saturated rings. The fraction of sp³-hybridized carbons (Fsp3) is 0.409. The van der Waals surface area contributed by atoms with Crippen molar-refractivity contribution in [1.29, 1.82) is 5.26 Å². The van der Waals surface area contributed by atoms with Crippen LogP contribution in [0.25, 0.3) is 11.1 Å². The Balaban J connectivity index is 1.66. The third kappa shape index (κ3) is 4.42. The predicted octanol–water partition coefficient (Wildman–Crippen LogP) is 4.25. The first-order chi connectivity index (χ1) is 13.3. The summed E-state index contributed by atoms with van der Waals surface area (Å²) in [5.41, 5.74) is 2.30. The zero-order valence-corrected chi connectivity index (χ0v) is 16.4. The Bertz CT molecular complexity index is 920. The van der Waals surface area contributed by atoms with E-state index in [1.54, 1.807) is 17.2 Å². The Morgan fingerprint density at radius 2 is 1.89 bits per heavy atom. The van der Waals surface area contributed by atoms with Gasteiger partial charge in [-0.2, -0.15) is 5.26 Å². The van der Waals surface area contributed by atoms with Crippen molar-refractivity contribution in [1.82, 2.24) is 9.88 Å². The van der Waals surface area contributed by atoms with Crippen molar-refractivity contribution in [2.45, 2.75) is 45.8 Å². The molecule has 6 nitrogen and oxygen atoms in total. The highest BCUT2D eigenvalue weighted by Crippen LogP contribution is 2.31. The molecule has 0 saturated carbocycles. The summed E-state index contributed by atoms with van der Waals surface area (Å²) < 4.78 is 5.59. The first-order valence-corrected chi connectivity index (χ1v) is 9.47. The van der Waals surface area contributed by atoms with Crippen LogP contribution in [-0.2, 0) is 4.74 Å². The summed E-state index contributed by atoms with van der Waals surface area (Å²) in [4.78, 5) is 28.1. The number of nitrogens with one attached hydrogen (secondary N) is 1. The zero-order chi connectivity index (χ0) is 20.3. The highest BCUT2D eigenvalue weighted by molar-refractivity contribution is 5.69. The molecule has 2 heterocycles. The monoisotopic (exact) mass is 379 g/mol. The Kier molecular flexibility index (Phi) is 5.55. The third-order valence-electron chi connectivity index (χ3n) is 5.21. The Morgan fingerprint density at radius 1 is 1.21 bits per heavy atom. The third-order valence-corrected chi connectivity index (χ3v) is 5.21. The van der Waals surface area contributed by atoms with E-state index in [-0.39, 0.29) is 23.8 Å².